The highest BCUT2D eigenvalue weighted by molar-refractivity contribution is 8.14. The fourth-order valence-corrected chi connectivity index (χ4v) is 5.22. The summed E-state index contributed by atoms with van der Waals surface area (Å²) in [5, 5.41) is 10.7. The van der Waals surface area contributed by atoms with Crippen LogP contribution in [0.1, 0.15) is 51.5 Å². The number of benzene rings is 1. The van der Waals surface area contributed by atoms with Crippen molar-refractivity contribution in [2.45, 2.75) is 63.6 Å². The van der Waals surface area contributed by atoms with Gasteiger partial charge in [0, 0.05) is 25.1 Å². The second-order valence-electron chi connectivity index (χ2n) is 8.32. The molecule has 0 bridgehead atoms. The molecule has 2 unspecified atom stereocenters. The van der Waals surface area contributed by atoms with Gasteiger partial charge < -0.3 is 14.7 Å². The van der Waals surface area contributed by atoms with Crippen LogP contribution in [0.25, 0.3) is 0 Å². The number of alkyl halides is 6. The van der Waals surface area contributed by atoms with Gasteiger partial charge in [-0.3, -0.25) is 0 Å². The van der Waals surface area contributed by atoms with E-state index in [1.165, 1.54) is 18.2 Å². The van der Waals surface area contributed by atoms with Gasteiger partial charge in [-0.2, -0.15) is 26.3 Å². The summed E-state index contributed by atoms with van der Waals surface area (Å²) in [6.07, 6.45) is -7.66. The van der Waals surface area contributed by atoms with Gasteiger partial charge >= 0.3 is 18.3 Å². The molecule has 0 spiro atoms. The largest absolute Gasteiger partial charge is 0.478 e. The van der Waals surface area contributed by atoms with Crippen LogP contribution in [-0.2, 0) is 11.0 Å². The molecule has 0 aliphatic heterocycles. The van der Waals surface area contributed by atoms with Crippen molar-refractivity contribution < 1.29 is 41.0 Å². The Hall–Kier alpha value is -2.76. The van der Waals surface area contributed by atoms with Crippen LogP contribution in [0, 0.1) is 0 Å². The lowest BCUT2D eigenvalue weighted by atomic mass is 9.99. The lowest BCUT2D eigenvalue weighted by molar-refractivity contribution is -0.138. The molecular weight excluding hydrogens is 522 g/mol. The zero-order valence-corrected chi connectivity index (χ0v) is 21.3. The lowest BCUT2D eigenvalue weighted by Gasteiger charge is -2.34. The van der Waals surface area contributed by atoms with E-state index in [0.717, 1.165) is 12.1 Å². The van der Waals surface area contributed by atoms with Crippen molar-refractivity contribution in [2.24, 2.45) is 4.40 Å². The van der Waals surface area contributed by atoms with Crippen molar-refractivity contribution in [3.8, 4) is 5.75 Å². The second kappa shape index (κ2) is 13.2. The number of carbonyl (C=O) groups is 1. The molecule has 37 heavy (non-hydrogen) atoms. The van der Waals surface area contributed by atoms with Crippen molar-refractivity contribution in [2.75, 3.05) is 13.1 Å². The minimum atomic E-state index is -4.62. The number of rotatable bonds is 12. The number of ether oxygens (including phenoxy) is 1. The standard InChI is InChI=1S/C25H30F6N2O3S/c1-4-6-12-33(13-8-11-24(26,27)28)20-14-17(23(34)35)15-21(37(5-2)32-3)22(20)36-19-10-7-9-18(16-19)25(29,30)31/h5,7,9-10,14,16,21H,3-4,6,8,11-13,15H2,1-2H3,(H,34,35). The summed E-state index contributed by atoms with van der Waals surface area (Å²) in [4.78, 5) is 13.6. The minimum absolute atomic E-state index is 0.00304. The first-order chi connectivity index (χ1) is 17.3. The molecular formula is C25H30F6N2O3S. The Bertz CT molecular complexity index is 1060. The Kier molecular flexibility index (Phi) is 10.8. The number of unbranched alkanes of at least 4 members (excludes halogenated alkanes) is 1. The first-order valence-electron chi connectivity index (χ1n) is 11.6. The molecule has 1 aliphatic carbocycles. The number of carboxylic acids is 1. The van der Waals surface area contributed by atoms with Crippen molar-refractivity contribution in [3.63, 3.8) is 0 Å². The van der Waals surface area contributed by atoms with Gasteiger partial charge in [-0.25, -0.2) is 9.19 Å². The first kappa shape index (κ1) is 30.5. The molecule has 0 aromatic heterocycles. The molecule has 0 amide bonds. The van der Waals surface area contributed by atoms with Crippen LogP contribution >= 0.6 is 10.7 Å². The Labute approximate surface area is 214 Å². The summed E-state index contributed by atoms with van der Waals surface area (Å²) >= 11 is 0. The maximum atomic E-state index is 13.3. The van der Waals surface area contributed by atoms with Crippen molar-refractivity contribution in [3.05, 3.63) is 52.9 Å². The van der Waals surface area contributed by atoms with E-state index in [2.05, 4.69) is 11.1 Å². The fourth-order valence-electron chi connectivity index (χ4n) is 3.83. The van der Waals surface area contributed by atoms with E-state index in [0.29, 0.717) is 19.4 Å². The molecule has 5 nitrogen and oxygen atoms in total. The van der Waals surface area contributed by atoms with Gasteiger partial charge in [-0.15, -0.1) is 0 Å². The molecule has 1 aliphatic rings. The first-order valence-corrected chi connectivity index (χ1v) is 12.9. The summed E-state index contributed by atoms with van der Waals surface area (Å²) in [7, 11) is -0.978. The third-order valence-electron chi connectivity index (χ3n) is 5.62. The summed E-state index contributed by atoms with van der Waals surface area (Å²) in [5.74, 6) is -1.19. The molecule has 0 radical (unpaired) electrons. The SMILES string of the molecule is C=N/S(=C\C)C1CC(C(=O)O)=CC(N(CCCC)CCCC(F)(F)F)=C1Oc1cccc(C(F)(F)F)c1. The molecule has 1 aromatic rings. The number of halogens is 6. The van der Waals surface area contributed by atoms with Crippen LogP contribution in [0.4, 0.5) is 26.3 Å². The number of aliphatic carboxylic acids is 1. The van der Waals surface area contributed by atoms with E-state index in [1.807, 2.05) is 6.92 Å². The van der Waals surface area contributed by atoms with Crippen molar-refractivity contribution in [1.29, 1.82) is 0 Å². The highest BCUT2D eigenvalue weighted by Gasteiger charge is 2.35. The van der Waals surface area contributed by atoms with Gasteiger partial charge in [0.25, 0.3) is 0 Å². The molecule has 0 heterocycles. The summed E-state index contributed by atoms with van der Waals surface area (Å²) in [5.41, 5.74) is -0.710. The molecule has 1 N–H and O–H groups in total. The third-order valence-corrected chi connectivity index (χ3v) is 7.36. The Morgan fingerprint density at radius 3 is 2.46 bits per heavy atom. The van der Waals surface area contributed by atoms with Gasteiger partial charge in [-0.1, -0.05) is 30.1 Å². The van der Waals surface area contributed by atoms with Gasteiger partial charge in [-0.05, 0) is 62.5 Å². The van der Waals surface area contributed by atoms with Crippen LogP contribution in [0.3, 0.4) is 0 Å². The Morgan fingerprint density at radius 1 is 1.24 bits per heavy atom. The van der Waals surface area contributed by atoms with Gasteiger partial charge in [0.15, 0.2) is 0 Å². The van der Waals surface area contributed by atoms with E-state index >= 15 is 0 Å². The monoisotopic (exact) mass is 552 g/mol. The highest BCUT2D eigenvalue weighted by atomic mass is 32.2. The number of hydrogen-bond donors (Lipinski definition) is 1. The topological polar surface area (TPSA) is 62.1 Å². The van der Waals surface area contributed by atoms with Crippen LogP contribution in [0.2, 0.25) is 0 Å². The van der Waals surface area contributed by atoms with Gasteiger partial charge in [0.2, 0.25) is 0 Å². The molecule has 0 fully saturated rings. The lowest BCUT2D eigenvalue weighted by Crippen LogP contribution is -2.33. The molecule has 2 atom stereocenters. The zero-order valence-electron chi connectivity index (χ0n) is 20.5. The van der Waals surface area contributed by atoms with Crippen LogP contribution in [0.15, 0.2) is 51.8 Å². The average Bonchev–Trinajstić information content (AvgIpc) is 2.81. The molecule has 206 valence electrons. The van der Waals surface area contributed by atoms with Crippen LogP contribution < -0.4 is 4.74 Å². The highest BCUT2D eigenvalue weighted by Crippen LogP contribution is 2.41. The van der Waals surface area contributed by atoms with E-state index in [-0.39, 0.29) is 42.2 Å². The number of allylic oxidation sites excluding steroid dienone is 1. The molecule has 0 saturated carbocycles. The minimum Gasteiger partial charge on any atom is -0.478 e. The molecule has 0 saturated heterocycles. The fraction of sp³-hybridized carbons (Fsp3) is 0.480. The van der Waals surface area contributed by atoms with Crippen LogP contribution in [0.5, 0.6) is 5.75 Å². The molecule has 2 rings (SSSR count). The van der Waals surface area contributed by atoms with E-state index < -0.39 is 46.2 Å². The third kappa shape index (κ3) is 8.94. The Morgan fingerprint density at radius 2 is 1.92 bits per heavy atom. The number of hydrogen-bond acceptors (Lipinski definition) is 4. The number of nitrogens with zero attached hydrogens (tertiary/aromatic N) is 2. The van der Waals surface area contributed by atoms with Crippen LogP contribution in [-0.4, -0.2) is 52.6 Å². The van der Waals surface area contributed by atoms with Gasteiger partial charge in [0.05, 0.1) is 16.5 Å². The van der Waals surface area contributed by atoms with Crippen molar-refractivity contribution in [1.82, 2.24) is 4.90 Å². The summed E-state index contributed by atoms with van der Waals surface area (Å²) in [6.45, 7) is 7.40. The van der Waals surface area contributed by atoms with E-state index in [1.54, 1.807) is 17.2 Å². The average molecular weight is 553 g/mol. The Balaban J connectivity index is 2.69. The van der Waals surface area contributed by atoms with Gasteiger partial charge in [0.1, 0.15) is 11.5 Å². The maximum absolute atomic E-state index is 13.3. The maximum Gasteiger partial charge on any atom is 0.416 e. The summed E-state index contributed by atoms with van der Waals surface area (Å²) in [6, 6.07) is 4.24. The van der Waals surface area contributed by atoms with Crippen molar-refractivity contribution >= 4 is 28.7 Å². The second-order valence-corrected chi connectivity index (χ2v) is 10.3. The predicted molar refractivity (Wildman–Crippen MR) is 134 cm³/mol. The quantitative estimate of drug-likeness (QED) is 0.169. The smallest absolute Gasteiger partial charge is 0.416 e. The van der Waals surface area contributed by atoms with E-state index in [4.69, 9.17) is 4.74 Å². The summed E-state index contributed by atoms with van der Waals surface area (Å²) < 4.78 is 88.6. The predicted octanol–water partition coefficient (Wildman–Crippen LogP) is 7.23. The normalized spacial score (nSPS) is 17.4. The molecule has 1 aromatic carbocycles. The van der Waals surface area contributed by atoms with E-state index in [9.17, 15) is 36.2 Å². The molecule has 12 heteroatoms. The number of carboxylic acid groups (broad SMARTS) is 1. The zero-order chi connectivity index (χ0) is 27.8.